The molecule has 0 saturated carbocycles. The minimum absolute atomic E-state index is 0.212. The van der Waals surface area contributed by atoms with Crippen molar-refractivity contribution in [3.8, 4) is 17.6 Å². The van der Waals surface area contributed by atoms with E-state index in [4.69, 9.17) is 9.47 Å². The van der Waals surface area contributed by atoms with E-state index in [0.717, 1.165) is 11.3 Å². The molecule has 2 aromatic carbocycles. The van der Waals surface area contributed by atoms with Crippen LogP contribution in [0.5, 0.6) is 11.5 Å². The average Bonchev–Trinajstić information content (AvgIpc) is 2.53. The summed E-state index contributed by atoms with van der Waals surface area (Å²) >= 11 is 0. The summed E-state index contributed by atoms with van der Waals surface area (Å²) in [5.74, 6) is 0.278. The van der Waals surface area contributed by atoms with Gasteiger partial charge in [-0.3, -0.25) is 0 Å². The molecule has 108 valence electrons. The molecular weight excluding hydrogens is 269 g/mol. The fourth-order valence-corrected chi connectivity index (χ4v) is 1.99. The van der Waals surface area contributed by atoms with Gasteiger partial charge in [0.05, 0.1) is 25.7 Å². The van der Waals surface area contributed by atoms with Crippen LogP contribution in [0, 0.1) is 17.1 Å². The second kappa shape index (κ2) is 7.30. The molecule has 0 bridgehead atoms. The summed E-state index contributed by atoms with van der Waals surface area (Å²) in [6.07, 6.45) is 0.497. The smallest absolute Gasteiger partial charge is 0.165 e. The lowest BCUT2D eigenvalue weighted by Gasteiger charge is -2.11. The van der Waals surface area contributed by atoms with Gasteiger partial charge in [0.25, 0.3) is 0 Å². The Balaban J connectivity index is 1.94. The number of rotatable bonds is 6. The van der Waals surface area contributed by atoms with E-state index in [0.29, 0.717) is 6.42 Å². The number of benzene rings is 2. The van der Waals surface area contributed by atoms with Crippen LogP contribution < -0.4 is 9.47 Å². The first-order valence-corrected chi connectivity index (χ1v) is 6.65. The fraction of sp³-hybridized carbons (Fsp3) is 0.235. The molecule has 2 rings (SSSR count). The lowest BCUT2D eigenvalue weighted by molar-refractivity contribution is 0.291. The SMILES string of the molecule is COc1ccc(C(C#N)CCOc2ccccc2F)cc1. The quantitative estimate of drug-likeness (QED) is 0.808. The van der Waals surface area contributed by atoms with Crippen molar-refractivity contribution in [1.82, 2.24) is 0 Å². The van der Waals surface area contributed by atoms with Gasteiger partial charge < -0.3 is 9.47 Å². The molecule has 0 amide bonds. The van der Waals surface area contributed by atoms with Crippen molar-refractivity contribution >= 4 is 0 Å². The van der Waals surface area contributed by atoms with E-state index in [1.54, 1.807) is 25.3 Å². The lowest BCUT2D eigenvalue weighted by atomic mass is 9.97. The van der Waals surface area contributed by atoms with Crippen molar-refractivity contribution in [2.75, 3.05) is 13.7 Å². The predicted octanol–water partition coefficient (Wildman–Crippen LogP) is 3.91. The minimum Gasteiger partial charge on any atom is -0.497 e. The third-order valence-electron chi connectivity index (χ3n) is 3.17. The summed E-state index contributed by atoms with van der Waals surface area (Å²) in [4.78, 5) is 0. The molecule has 0 aromatic heterocycles. The van der Waals surface area contributed by atoms with Gasteiger partial charge in [-0.25, -0.2) is 4.39 Å². The molecule has 0 aliphatic heterocycles. The van der Waals surface area contributed by atoms with Crippen LogP contribution in [-0.4, -0.2) is 13.7 Å². The molecule has 0 fully saturated rings. The second-order valence-electron chi connectivity index (χ2n) is 4.52. The highest BCUT2D eigenvalue weighted by molar-refractivity contribution is 5.32. The Bertz CT molecular complexity index is 619. The Morgan fingerprint density at radius 2 is 1.86 bits per heavy atom. The van der Waals surface area contributed by atoms with Crippen molar-refractivity contribution in [3.63, 3.8) is 0 Å². The minimum atomic E-state index is -0.393. The molecule has 3 nitrogen and oxygen atoms in total. The Labute approximate surface area is 123 Å². The summed E-state index contributed by atoms with van der Waals surface area (Å²) in [5.41, 5.74) is 0.899. The van der Waals surface area contributed by atoms with Crippen molar-refractivity contribution < 1.29 is 13.9 Å². The number of hydrogen-bond donors (Lipinski definition) is 0. The monoisotopic (exact) mass is 285 g/mol. The normalized spacial score (nSPS) is 11.5. The number of halogens is 1. The number of para-hydroxylation sites is 1. The molecule has 0 aliphatic carbocycles. The van der Waals surface area contributed by atoms with Crippen LogP contribution >= 0.6 is 0 Å². The largest absolute Gasteiger partial charge is 0.497 e. The fourth-order valence-electron chi connectivity index (χ4n) is 1.99. The molecule has 21 heavy (non-hydrogen) atoms. The third-order valence-corrected chi connectivity index (χ3v) is 3.17. The zero-order valence-corrected chi connectivity index (χ0v) is 11.8. The summed E-state index contributed by atoms with van der Waals surface area (Å²) < 4.78 is 23.9. The first-order valence-electron chi connectivity index (χ1n) is 6.65. The molecule has 0 heterocycles. The van der Waals surface area contributed by atoms with Crippen LogP contribution in [-0.2, 0) is 0 Å². The molecule has 0 spiro atoms. The lowest BCUT2D eigenvalue weighted by Crippen LogP contribution is -2.05. The van der Waals surface area contributed by atoms with Gasteiger partial charge in [0, 0.05) is 6.42 Å². The predicted molar refractivity (Wildman–Crippen MR) is 77.9 cm³/mol. The van der Waals surface area contributed by atoms with Gasteiger partial charge in [0.2, 0.25) is 0 Å². The van der Waals surface area contributed by atoms with Gasteiger partial charge >= 0.3 is 0 Å². The summed E-state index contributed by atoms with van der Waals surface area (Å²) in [5, 5.41) is 9.25. The van der Waals surface area contributed by atoms with E-state index in [-0.39, 0.29) is 18.3 Å². The van der Waals surface area contributed by atoms with Crippen LogP contribution in [0.3, 0.4) is 0 Å². The standard InChI is InChI=1S/C17H16FNO2/c1-20-15-8-6-13(7-9-15)14(12-19)10-11-21-17-5-3-2-4-16(17)18/h2-9,14H,10-11H2,1H3. The Hall–Kier alpha value is -2.54. The van der Waals surface area contributed by atoms with Crippen LogP contribution in [0.2, 0.25) is 0 Å². The van der Waals surface area contributed by atoms with Gasteiger partial charge in [-0.1, -0.05) is 24.3 Å². The molecule has 0 aliphatic rings. The van der Waals surface area contributed by atoms with E-state index >= 15 is 0 Å². The van der Waals surface area contributed by atoms with Crippen molar-refractivity contribution in [3.05, 3.63) is 59.9 Å². The molecule has 4 heteroatoms. The highest BCUT2D eigenvalue weighted by Gasteiger charge is 2.11. The molecule has 0 saturated heterocycles. The van der Waals surface area contributed by atoms with E-state index in [2.05, 4.69) is 6.07 Å². The van der Waals surface area contributed by atoms with Crippen LogP contribution in [0.4, 0.5) is 4.39 Å². The van der Waals surface area contributed by atoms with E-state index in [1.165, 1.54) is 6.07 Å². The zero-order valence-electron chi connectivity index (χ0n) is 11.8. The van der Waals surface area contributed by atoms with E-state index in [1.807, 2.05) is 24.3 Å². The van der Waals surface area contributed by atoms with Gasteiger partial charge in [0.15, 0.2) is 11.6 Å². The molecule has 1 atom stereocenters. The maximum Gasteiger partial charge on any atom is 0.165 e. The highest BCUT2D eigenvalue weighted by atomic mass is 19.1. The highest BCUT2D eigenvalue weighted by Crippen LogP contribution is 2.23. The van der Waals surface area contributed by atoms with Gasteiger partial charge in [-0.05, 0) is 29.8 Å². The molecule has 1 unspecified atom stereocenters. The second-order valence-corrected chi connectivity index (χ2v) is 4.52. The average molecular weight is 285 g/mol. The van der Waals surface area contributed by atoms with E-state index < -0.39 is 5.82 Å². The zero-order chi connectivity index (χ0) is 15.1. The number of nitriles is 1. The van der Waals surface area contributed by atoms with Crippen LogP contribution in [0.1, 0.15) is 17.9 Å². The Morgan fingerprint density at radius 1 is 1.14 bits per heavy atom. The topological polar surface area (TPSA) is 42.2 Å². The molecule has 0 radical (unpaired) electrons. The van der Waals surface area contributed by atoms with Gasteiger partial charge in [-0.2, -0.15) is 5.26 Å². The third kappa shape index (κ3) is 3.96. The maximum absolute atomic E-state index is 13.4. The molecular formula is C17H16FNO2. The number of methoxy groups -OCH3 is 1. The van der Waals surface area contributed by atoms with E-state index in [9.17, 15) is 9.65 Å². The molecule has 2 aromatic rings. The Morgan fingerprint density at radius 3 is 2.48 bits per heavy atom. The summed E-state index contributed by atoms with van der Waals surface area (Å²) in [6, 6.07) is 15.8. The van der Waals surface area contributed by atoms with Gasteiger partial charge in [-0.15, -0.1) is 0 Å². The maximum atomic E-state index is 13.4. The van der Waals surface area contributed by atoms with Crippen molar-refractivity contribution in [1.29, 1.82) is 5.26 Å². The summed E-state index contributed by atoms with van der Waals surface area (Å²) in [7, 11) is 1.60. The first-order chi connectivity index (χ1) is 10.2. The number of hydrogen-bond acceptors (Lipinski definition) is 3. The number of ether oxygens (including phenoxy) is 2. The van der Waals surface area contributed by atoms with Crippen LogP contribution in [0.15, 0.2) is 48.5 Å². The first kappa shape index (κ1) is 14.9. The van der Waals surface area contributed by atoms with Crippen molar-refractivity contribution in [2.24, 2.45) is 0 Å². The van der Waals surface area contributed by atoms with Gasteiger partial charge in [0.1, 0.15) is 5.75 Å². The summed E-state index contributed by atoms with van der Waals surface area (Å²) in [6.45, 7) is 0.283. The van der Waals surface area contributed by atoms with Crippen LogP contribution in [0.25, 0.3) is 0 Å². The molecule has 0 N–H and O–H groups in total. The Kier molecular flexibility index (Phi) is 5.16. The number of nitrogens with zero attached hydrogens (tertiary/aromatic N) is 1. The van der Waals surface area contributed by atoms with Crippen molar-refractivity contribution in [2.45, 2.75) is 12.3 Å².